The van der Waals surface area contributed by atoms with E-state index in [0.29, 0.717) is 16.8 Å². The van der Waals surface area contributed by atoms with Crippen molar-refractivity contribution in [2.45, 2.75) is 25.0 Å². The van der Waals surface area contributed by atoms with E-state index in [4.69, 9.17) is 11.6 Å². The van der Waals surface area contributed by atoms with Gasteiger partial charge in [0.05, 0.1) is 5.75 Å². The molecule has 1 N–H and O–H groups in total. The third kappa shape index (κ3) is 5.90. The molecule has 0 aliphatic rings. The molecule has 0 aliphatic carbocycles. The highest BCUT2D eigenvalue weighted by Gasteiger charge is 2.15. The Morgan fingerprint density at radius 3 is 2.82 bits per heavy atom. The van der Waals surface area contributed by atoms with Crippen LogP contribution < -0.4 is 5.32 Å². The van der Waals surface area contributed by atoms with Gasteiger partial charge < -0.3 is 5.32 Å². The number of anilines is 1. The van der Waals surface area contributed by atoms with Gasteiger partial charge in [-0.15, -0.1) is 28.1 Å². The lowest BCUT2D eigenvalue weighted by atomic mass is 10.1. The zero-order chi connectivity index (χ0) is 23.2. The topological polar surface area (TPSA) is 72.7 Å². The fraction of sp³-hybridized carbons (Fsp3) is 0.167. The maximum absolute atomic E-state index is 12.5. The van der Waals surface area contributed by atoms with Crippen molar-refractivity contribution in [1.82, 2.24) is 19.7 Å². The molecule has 0 spiro atoms. The van der Waals surface area contributed by atoms with Crippen LogP contribution in [0.25, 0.3) is 11.4 Å². The van der Waals surface area contributed by atoms with Crippen LogP contribution in [-0.2, 0) is 17.8 Å². The summed E-state index contributed by atoms with van der Waals surface area (Å²) >= 11 is 9.01. The van der Waals surface area contributed by atoms with Gasteiger partial charge >= 0.3 is 0 Å². The Labute approximate surface area is 205 Å². The van der Waals surface area contributed by atoms with Crippen molar-refractivity contribution in [3.8, 4) is 11.4 Å². The third-order valence-corrected chi connectivity index (χ3v) is 7.09. The van der Waals surface area contributed by atoms with Gasteiger partial charge in [0.2, 0.25) is 5.91 Å². The Balaban J connectivity index is 1.37. The number of thiazole rings is 1. The summed E-state index contributed by atoms with van der Waals surface area (Å²) in [6.07, 6.45) is 4.29. The highest BCUT2D eigenvalue weighted by Crippen LogP contribution is 2.26. The number of nitrogens with zero attached hydrogens (tertiary/aromatic N) is 4. The summed E-state index contributed by atoms with van der Waals surface area (Å²) < 4.78 is 1.95. The molecule has 0 radical (unpaired) electrons. The summed E-state index contributed by atoms with van der Waals surface area (Å²) in [6, 6.07) is 15.9. The van der Waals surface area contributed by atoms with E-state index in [0.717, 1.165) is 38.8 Å². The summed E-state index contributed by atoms with van der Waals surface area (Å²) in [6.45, 7) is 6.36. The smallest absolute Gasteiger partial charge is 0.236 e. The second-order valence-corrected chi connectivity index (χ2v) is 9.77. The predicted molar refractivity (Wildman–Crippen MR) is 136 cm³/mol. The van der Waals surface area contributed by atoms with Gasteiger partial charge in [-0.1, -0.05) is 71.9 Å². The molecule has 2 aromatic carbocycles. The molecule has 0 fully saturated rings. The molecule has 9 heteroatoms. The van der Waals surface area contributed by atoms with Crippen LogP contribution in [0.3, 0.4) is 0 Å². The van der Waals surface area contributed by atoms with Crippen LogP contribution in [0.15, 0.2) is 72.5 Å². The van der Waals surface area contributed by atoms with Crippen molar-refractivity contribution in [2.24, 2.45) is 0 Å². The van der Waals surface area contributed by atoms with Crippen molar-refractivity contribution >= 4 is 45.7 Å². The molecule has 0 bridgehead atoms. The van der Waals surface area contributed by atoms with E-state index in [1.54, 1.807) is 12.3 Å². The van der Waals surface area contributed by atoms with E-state index in [1.807, 2.05) is 54.0 Å². The molecule has 2 aromatic heterocycles. The number of benzene rings is 2. The molecule has 0 atom stereocenters. The van der Waals surface area contributed by atoms with E-state index in [2.05, 4.69) is 33.1 Å². The average molecular weight is 496 g/mol. The standard InChI is InChI=1S/C24H22ClN5OS2/c1-3-11-30-22(18-7-5-4-6-8-18)28-29-24(30)32-15-21(31)27-23-26-14-19(33-23)12-17-10-9-16(2)20(25)13-17/h3-10,13-14H,1,11-12,15H2,2H3,(H,26,27,31). The molecule has 0 aliphatic heterocycles. The van der Waals surface area contributed by atoms with Gasteiger partial charge in [-0.2, -0.15) is 0 Å². The monoisotopic (exact) mass is 495 g/mol. The molecule has 0 saturated heterocycles. The van der Waals surface area contributed by atoms with Crippen molar-refractivity contribution < 1.29 is 4.79 Å². The number of nitrogens with one attached hydrogen (secondary N) is 1. The number of aromatic nitrogens is 4. The van der Waals surface area contributed by atoms with Crippen LogP contribution in [0.2, 0.25) is 5.02 Å². The number of halogens is 1. The number of amides is 1. The summed E-state index contributed by atoms with van der Waals surface area (Å²) in [5.74, 6) is 0.805. The Morgan fingerprint density at radius 2 is 2.06 bits per heavy atom. The Hall–Kier alpha value is -2.94. The number of carbonyl (C=O) groups excluding carboxylic acids is 1. The van der Waals surface area contributed by atoms with Gasteiger partial charge in [-0.05, 0) is 24.1 Å². The zero-order valence-electron chi connectivity index (χ0n) is 18.0. The van der Waals surface area contributed by atoms with Crippen molar-refractivity contribution in [3.63, 3.8) is 0 Å². The first kappa shape index (κ1) is 23.2. The first-order valence-electron chi connectivity index (χ1n) is 10.3. The van der Waals surface area contributed by atoms with E-state index < -0.39 is 0 Å². The number of aryl methyl sites for hydroxylation is 1. The largest absolute Gasteiger partial charge is 0.301 e. The Bertz CT molecular complexity index is 1270. The minimum absolute atomic E-state index is 0.145. The Kier molecular flexibility index (Phi) is 7.59. The number of thioether (sulfide) groups is 1. The normalized spacial score (nSPS) is 10.8. The predicted octanol–water partition coefficient (Wildman–Crippen LogP) is 5.87. The molecule has 4 aromatic rings. The molecule has 0 unspecified atom stereocenters. The maximum Gasteiger partial charge on any atom is 0.236 e. The van der Waals surface area contributed by atoms with E-state index in [-0.39, 0.29) is 11.7 Å². The lowest BCUT2D eigenvalue weighted by Crippen LogP contribution is -2.14. The summed E-state index contributed by atoms with van der Waals surface area (Å²) in [5.41, 5.74) is 3.13. The van der Waals surface area contributed by atoms with E-state index in [1.165, 1.54) is 23.1 Å². The van der Waals surface area contributed by atoms with Crippen LogP contribution in [-0.4, -0.2) is 31.4 Å². The van der Waals surface area contributed by atoms with Crippen LogP contribution in [0.1, 0.15) is 16.0 Å². The summed E-state index contributed by atoms with van der Waals surface area (Å²) in [7, 11) is 0. The minimum atomic E-state index is -0.145. The molecule has 168 valence electrons. The average Bonchev–Trinajstić information content (AvgIpc) is 3.42. The summed E-state index contributed by atoms with van der Waals surface area (Å²) in [5, 5.41) is 13.5. The molecular weight excluding hydrogens is 474 g/mol. The zero-order valence-corrected chi connectivity index (χ0v) is 20.4. The highest BCUT2D eigenvalue weighted by atomic mass is 35.5. The number of carbonyl (C=O) groups is 1. The maximum atomic E-state index is 12.5. The minimum Gasteiger partial charge on any atom is -0.301 e. The van der Waals surface area contributed by atoms with Crippen LogP contribution in [0.4, 0.5) is 5.13 Å². The van der Waals surface area contributed by atoms with Gasteiger partial charge in [0.1, 0.15) is 0 Å². The molecule has 1 amide bonds. The van der Waals surface area contributed by atoms with Gasteiger partial charge in [-0.25, -0.2) is 4.98 Å². The van der Waals surface area contributed by atoms with E-state index >= 15 is 0 Å². The highest BCUT2D eigenvalue weighted by molar-refractivity contribution is 7.99. The second kappa shape index (κ2) is 10.8. The van der Waals surface area contributed by atoms with Gasteiger partial charge in [0, 0.05) is 34.6 Å². The van der Waals surface area contributed by atoms with Crippen LogP contribution in [0.5, 0.6) is 0 Å². The second-order valence-electron chi connectivity index (χ2n) is 7.30. The van der Waals surface area contributed by atoms with Crippen molar-refractivity contribution in [1.29, 1.82) is 0 Å². The van der Waals surface area contributed by atoms with Crippen molar-refractivity contribution in [2.75, 3.05) is 11.1 Å². The SMILES string of the molecule is C=CCn1c(SCC(=O)Nc2ncc(Cc3ccc(C)c(Cl)c3)s2)nnc1-c1ccccc1. The molecule has 0 saturated carbocycles. The molecule has 6 nitrogen and oxygen atoms in total. The van der Waals surface area contributed by atoms with E-state index in [9.17, 15) is 4.79 Å². The first-order chi connectivity index (χ1) is 16.0. The van der Waals surface area contributed by atoms with Crippen LogP contribution in [0, 0.1) is 6.92 Å². The molecular formula is C24H22ClN5OS2. The third-order valence-electron chi connectivity index (χ3n) is 4.81. The first-order valence-corrected chi connectivity index (χ1v) is 12.4. The number of rotatable bonds is 9. The molecule has 4 rings (SSSR count). The number of hydrogen-bond donors (Lipinski definition) is 1. The molecule has 33 heavy (non-hydrogen) atoms. The lowest BCUT2D eigenvalue weighted by molar-refractivity contribution is -0.113. The van der Waals surface area contributed by atoms with Gasteiger partial charge in [0.25, 0.3) is 0 Å². The quantitative estimate of drug-likeness (QED) is 0.232. The Morgan fingerprint density at radius 1 is 1.24 bits per heavy atom. The fourth-order valence-electron chi connectivity index (χ4n) is 3.17. The fourth-order valence-corrected chi connectivity index (χ4v) is 4.98. The lowest BCUT2D eigenvalue weighted by Gasteiger charge is -2.07. The molecule has 2 heterocycles. The number of hydrogen-bond acceptors (Lipinski definition) is 6. The van der Waals surface area contributed by atoms with Crippen molar-refractivity contribution in [3.05, 3.63) is 88.4 Å². The number of allylic oxidation sites excluding steroid dienone is 1. The van der Waals surface area contributed by atoms with Crippen LogP contribution >= 0.6 is 34.7 Å². The summed E-state index contributed by atoms with van der Waals surface area (Å²) in [4.78, 5) is 17.9. The van der Waals surface area contributed by atoms with Gasteiger partial charge in [0.15, 0.2) is 16.1 Å². The van der Waals surface area contributed by atoms with Gasteiger partial charge in [-0.3, -0.25) is 9.36 Å².